The lowest BCUT2D eigenvalue weighted by Gasteiger charge is -2.10. The van der Waals surface area contributed by atoms with Gasteiger partial charge in [0, 0.05) is 36.5 Å². The Balaban J connectivity index is 1.95. The molecule has 1 aliphatic rings. The fourth-order valence-corrected chi connectivity index (χ4v) is 2.88. The number of hydrogen-bond donors (Lipinski definition) is 2. The average Bonchev–Trinajstić information content (AvgIpc) is 2.88. The number of nitrogens with one attached hydrogen (secondary N) is 2. The monoisotopic (exact) mass is 254 g/mol. The molecule has 1 aromatic rings. The standard InChI is InChI=1S/C11H18N4OS/c1-7-9(8(2)15(3)14-7)4-12-11(16)10-5-17-6-13-10/h10,13H,4-6H2,1-3H3,(H,12,16). The van der Waals surface area contributed by atoms with Crippen molar-refractivity contribution in [3.63, 3.8) is 0 Å². The van der Waals surface area contributed by atoms with Crippen molar-refractivity contribution in [2.24, 2.45) is 7.05 Å². The zero-order valence-corrected chi connectivity index (χ0v) is 11.2. The molecule has 1 amide bonds. The number of amides is 1. The third kappa shape index (κ3) is 2.63. The Morgan fingerprint density at radius 1 is 1.65 bits per heavy atom. The minimum Gasteiger partial charge on any atom is -0.351 e. The highest BCUT2D eigenvalue weighted by molar-refractivity contribution is 7.99. The maximum atomic E-state index is 11.8. The second-order valence-corrected chi connectivity index (χ2v) is 5.29. The van der Waals surface area contributed by atoms with Crippen LogP contribution in [0.15, 0.2) is 0 Å². The summed E-state index contributed by atoms with van der Waals surface area (Å²) >= 11 is 1.75. The van der Waals surface area contributed by atoms with Crippen LogP contribution < -0.4 is 10.6 Å². The molecule has 1 atom stereocenters. The van der Waals surface area contributed by atoms with E-state index in [0.717, 1.165) is 28.6 Å². The normalized spacial score (nSPS) is 19.6. The minimum atomic E-state index is -0.0442. The third-order valence-corrected chi connectivity index (χ3v) is 4.07. The zero-order valence-electron chi connectivity index (χ0n) is 10.4. The highest BCUT2D eigenvalue weighted by Crippen LogP contribution is 2.12. The quantitative estimate of drug-likeness (QED) is 0.815. The van der Waals surface area contributed by atoms with Gasteiger partial charge in [0.15, 0.2) is 0 Å². The summed E-state index contributed by atoms with van der Waals surface area (Å²) in [6.45, 7) is 4.55. The molecule has 1 aromatic heterocycles. The van der Waals surface area contributed by atoms with Crippen LogP contribution in [0.3, 0.4) is 0 Å². The molecule has 0 spiro atoms. The van der Waals surface area contributed by atoms with E-state index in [1.54, 1.807) is 11.8 Å². The molecule has 0 aliphatic carbocycles. The number of hydrogen-bond acceptors (Lipinski definition) is 4. The second kappa shape index (κ2) is 5.10. The van der Waals surface area contributed by atoms with Crippen LogP contribution >= 0.6 is 11.8 Å². The molecule has 94 valence electrons. The van der Waals surface area contributed by atoms with E-state index in [1.807, 2.05) is 25.6 Å². The molecule has 2 N–H and O–H groups in total. The first-order valence-electron chi connectivity index (χ1n) is 5.67. The number of thioether (sulfide) groups is 1. The third-order valence-electron chi connectivity index (χ3n) is 3.13. The smallest absolute Gasteiger partial charge is 0.238 e. The molecule has 1 fully saturated rings. The van der Waals surface area contributed by atoms with Gasteiger partial charge in [-0.25, -0.2) is 0 Å². The summed E-state index contributed by atoms with van der Waals surface area (Å²) in [5, 5.41) is 10.5. The molecule has 17 heavy (non-hydrogen) atoms. The number of carbonyl (C=O) groups excluding carboxylic acids is 1. The van der Waals surface area contributed by atoms with Crippen LogP contribution in [0.2, 0.25) is 0 Å². The summed E-state index contributed by atoms with van der Waals surface area (Å²) in [5.74, 6) is 1.80. The lowest BCUT2D eigenvalue weighted by molar-refractivity contribution is -0.122. The molecule has 5 nitrogen and oxygen atoms in total. The van der Waals surface area contributed by atoms with Gasteiger partial charge >= 0.3 is 0 Å². The Morgan fingerprint density at radius 3 is 2.94 bits per heavy atom. The maximum Gasteiger partial charge on any atom is 0.238 e. The number of aromatic nitrogens is 2. The van der Waals surface area contributed by atoms with Gasteiger partial charge in [0.1, 0.15) is 0 Å². The minimum absolute atomic E-state index is 0.0442. The molecule has 0 radical (unpaired) electrons. The first-order chi connectivity index (χ1) is 8.09. The average molecular weight is 254 g/mol. The topological polar surface area (TPSA) is 59.0 Å². The maximum absolute atomic E-state index is 11.8. The van der Waals surface area contributed by atoms with Crippen molar-refractivity contribution < 1.29 is 4.79 Å². The molecule has 0 aromatic carbocycles. The fraction of sp³-hybridized carbons (Fsp3) is 0.636. The number of aryl methyl sites for hydroxylation is 2. The van der Waals surface area contributed by atoms with E-state index in [1.165, 1.54) is 0 Å². The van der Waals surface area contributed by atoms with E-state index in [0.29, 0.717) is 6.54 Å². The second-order valence-electron chi connectivity index (χ2n) is 4.26. The summed E-state index contributed by atoms with van der Waals surface area (Å²) < 4.78 is 1.85. The Bertz CT molecular complexity index is 423. The van der Waals surface area contributed by atoms with E-state index in [9.17, 15) is 4.79 Å². The van der Waals surface area contributed by atoms with E-state index < -0.39 is 0 Å². The number of rotatable bonds is 3. The Labute approximate surface area is 105 Å². The van der Waals surface area contributed by atoms with Gasteiger partial charge < -0.3 is 5.32 Å². The fourth-order valence-electron chi connectivity index (χ4n) is 1.94. The summed E-state index contributed by atoms with van der Waals surface area (Å²) in [6.07, 6.45) is 0. The van der Waals surface area contributed by atoms with Crippen molar-refractivity contribution in [2.45, 2.75) is 26.4 Å². The zero-order chi connectivity index (χ0) is 12.4. The van der Waals surface area contributed by atoms with Gasteiger partial charge in [-0.3, -0.25) is 14.8 Å². The van der Waals surface area contributed by atoms with E-state index >= 15 is 0 Å². The molecule has 0 saturated carbocycles. The predicted molar refractivity (Wildman–Crippen MR) is 68.8 cm³/mol. The lowest BCUT2D eigenvalue weighted by atomic mass is 10.2. The number of nitrogens with zero attached hydrogens (tertiary/aromatic N) is 2. The van der Waals surface area contributed by atoms with Gasteiger partial charge in [0.05, 0.1) is 11.7 Å². The summed E-state index contributed by atoms with van der Waals surface area (Å²) in [4.78, 5) is 11.8. The van der Waals surface area contributed by atoms with Gasteiger partial charge in [-0.15, -0.1) is 11.8 Å². The molecule has 1 saturated heterocycles. The first-order valence-corrected chi connectivity index (χ1v) is 6.83. The van der Waals surface area contributed by atoms with Crippen molar-refractivity contribution >= 4 is 17.7 Å². The van der Waals surface area contributed by atoms with Crippen LogP contribution in [0, 0.1) is 13.8 Å². The molecule has 2 heterocycles. The Hall–Kier alpha value is -1.01. The van der Waals surface area contributed by atoms with Crippen LogP contribution in [-0.2, 0) is 18.4 Å². The van der Waals surface area contributed by atoms with Crippen LogP contribution in [0.25, 0.3) is 0 Å². The van der Waals surface area contributed by atoms with Crippen LogP contribution in [0.4, 0.5) is 0 Å². The van der Waals surface area contributed by atoms with E-state index in [4.69, 9.17) is 0 Å². The van der Waals surface area contributed by atoms with Gasteiger partial charge in [-0.1, -0.05) is 0 Å². The van der Waals surface area contributed by atoms with Crippen molar-refractivity contribution in [3.8, 4) is 0 Å². The number of carbonyl (C=O) groups is 1. The van der Waals surface area contributed by atoms with Crippen molar-refractivity contribution in [1.29, 1.82) is 0 Å². The first kappa shape index (κ1) is 12.4. The van der Waals surface area contributed by atoms with Crippen molar-refractivity contribution in [2.75, 3.05) is 11.6 Å². The summed E-state index contributed by atoms with van der Waals surface area (Å²) in [5.41, 5.74) is 3.21. The molecular weight excluding hydrogens is 236 g/mol. The van der Waals surface area contributed by atoms with E-state index in [2.05, 4.69) is 15.7 Å². The Kier molecular flexibility index (Phi) is 3.73. The highest BCUT2D eigenvalue weighted by Gasteiger charge is 2.22. The molecule has 0 bridgehead atoms. The van der Waals surface area contributed by atoms with Crippen molar-refractivity contribution in [1.82, 2.24) is 20.4 Å². The molecular formula is C11H18N4OS. The largest absolute Gasteiger partial charge is 0.351 e. The lowest BCUT2D eigenvalue weighted by Crippen LogP contribution is -2.41. The summed E-state index contributed by atoms with van der Waals surface area (Å²) in [6, 6.07) is -0.0442. The predicted octanol–water partition coefficient (Wildman–Crippen LogP) is 0.316. The molecule has 1 unspecified atom stereocenters. The van der Waals surface area contributed by atoms with Crippen LogP contribution in [0.1, 0.15) is 17.0 Å². The van der Waals surface area contributed by atoms with Gasteiger partial charge in [-0.2, -0.15) is 5.10 Å². The highest BCUT2D eigenvalue weighted by atomic mass is 32.2. The molecule has 1 aliphatic heterocycles. The van der Waals surface area contributed by atoms with Crippen LogP contribution in [0.5, 0.6) is 0 Å². The molecule has 6 heteroatoms. The van der Waals surface area contributed by atoms with E-state index in [-0.39, 0.29) is 11.9 Å². The van der Waals surface area contributed by atoms with Gasteiger partial charge in [-0.05, 0) is 13.8 Å². The SMILES string of the molecule is Cc1nn(C)c(C)c1CNC(=O)C1CSCN1. The van der Waals surface area contributed by atoms with Gasteiger partial charge in [0.25, 0.3) is 0 Å². The Morgan fingerprint density at radius 2 is 2.41 bits per heavy atom. The summed E-state index contributed by atoms with van der Waals surface area (Å²) in [7, 11) is 1.92. The van der Waals surface area contributed by atoms with Crippen molar-refractivity contribution in [3.05, 3.63) is 17.0 Å². The van der Waals surface area contributed by atoms with Gasteiger partial charge in [0.2, 0.25) is 5.91 Å². The van der Waals surface area contributed by atoms with Crippen LogP contribution in [-0.4, -0.2) is 33.4 Å². The molecule has 2 rings (SSSR count).